The van der Waals surface area contributed by atoms with Crippen molar-refractivity contribution in [3.05, 3.63) is 65.2 Å². The van der Waals surface area contributed by atoms with E-state index in [4.69, 9.17) is 10.5 Å². The Morgan fingerprint density at radius 3 is 2.23 bits per heavy atom. The smallest absolute Gasteiger partial charge is 0.419 e. The van der Waals surface area contributed by atoms with E-state index >= 15 is 0 Å². The zero-order chi connectivity index (χ0) is 21.5. The third-order valence-corrected chi connectivity index (χ3v) is 5.07. The summed E-state index contributed by atoms with van der Waals surface area (Å²) in [6.45, 7) is 1.28. The fraction of sp³-hybridized carbons (Fsp3) is 0.455. The van der Waals surface area contributed by atoms with Crippen molar-refractivity contribution in [1.29, 1.82) is 0 Å². The number of hydrogen-bond acceptors (Lipinski definition) is 4. The molecule has 0 amide bonds. The number of rotatable bonds is 10. The van der Waals surface area contributed by atoms with Gasteiger partial charge in [0, 0.05) is 0 Å². The second kappa shape index (κ2) is 11.6. The number of nitrogens with two attached hydrogens (primary N) is 1. The number of aliphatic hydroxyl groups is 2. The first-order valence-electron chi connectivity index (χ1n) is 9.57. The highest BCUT2D eigenvalue weighted by Gasteiger charge is 2.35. The molecule has 0 saturated heterocycles. The maximum atomic E-state index is 13.5. The van der Waals surface area contributed by atoms with Crippen LogP contribution < -0.4 is 10.5 Å². The molecular formula is C22H29ClF3NO3. The van der Waals surface area contributed by atoms with Gasteiger partial charge in [0.2, 0.25) is 0 Å². The molecule has 2 aromatic carbocycles. The molecule has 0 bridgehead atoms. The summed E-state index contributed by atoms with van der Waals surface area (Å²) < 4.78 is 46.0. The van der Waals surface area contributed by atoms with Crippen molar-refractivity contribution < 1.29 is 28.1 Å². The molecule has 8 heteroatoms. The molecule has 0 aromatic heterocycles. The second-order valence-corrected chi connectivity index (χ2v) is 7.46. The highest BCUT2D eigenvalue weighted by molar-refractivity contribution is 5.85. The molecule has 168 valence electrons. The first-order chi connectivity index (χ1) is 13.7. The molecule has 0 aliphatic carbocycles. The lowest BCUT2D eigenvalue weighted by atomic mass is 9.93. The highest BCUT2D eigenvalue weighted by atomic mass is 35.5. The fourth-order valence-corrected chi connectivity index (χ4v) is 2.98. The molecule has 0 spiro atoms. The van der Waals surface area contributed by atoms with Gasteiger partial charge in [-0.3, -0.25) is 0 Å². The Kier molecular flexibility index (Phi) is 10.1. The molecule has 4 nitrogen and oxygen atoms in total. The van der Waals surface area contributed by atoms with Crippen LogP contribution in [0.1, 0.15) is 42.4 Å². The molecule has 0 radical (unpaired) electrons. The first-order valence-corrected chi connectivity index (χ1v) is 9.57. The van der Waals surface area contributed by atoms with Gasteiger partial charge in [-0.2, -0.15) is 13.2 Å². The highest BCUT2D eigenvalue weighted by Crippen LogP contribution is 2.37. The van der Waals surface area contributed by atoms with Gasteiger partial charge >= 0.3 is 6.18 Å². The SMILES string of the molecule is CC(CCOc1ccc(CCC(N)(CO)CO)cc1C(F)(F)F)c1ccccc1.Cl. The summed E-state index contributed by atoms with van der Waals surface area (Å²) in [5.41, 5.74) is 5.26. The van der Waals surface area contributed by atoms with Crippen LogP contribution in [-0.4, -0.2) is 35.6 Å². The van der Waals surface area contributed by atoms with Gasteiger partial charge < -0.3 is 20.7 Å². The lowest BCUT2D eigenvalue weighted by molar-refractivity contribution is -0.139. The van der Waals surface area contributed by atoms with Crippen LogP contribution in [0.3, 0.4) is 0 Å². The number of alkyl halides is 3. The standard InChI is InChI=1S/C22H28F3NO3.ClH/c1-16(18-5-3-2-4-6-18)10-12-29-20-8-7-17(13-19(20)22(23,24)25)9-11-21(26,14-27)15-28;/h2-8,13,16,27-28H,9-12,14-15,26H2,1H3;1H. The Hall–Kier alpha value is -1.80. The summed E-state index contributed by atoms with van der Waals surface area (Å²) in [7, 11) is 0. The average molecular weight is 448 g/mol. The van der Waals surface area contributed by atoms with Gasteiger partial charge in [-0.15, -0.1) is 12.4 Å². The van der Waals surface area contributed by atoms with E-state index in [1.807, 2.05) is 37.3 Å². The summed E-state index contributed by atoms with van der Waals surface area (Å²) in [5, 5.41) is 18.5. The fourth-order valence-electron chi connectivity index (χ4n) is 2.98. The monoisotopic (exact) mass is 447 g/mol. The molecule has 0 fully saturated rings. The number of benzene rings is 2. The Labute approximate surface area is 181 Å². The Balaban J connectivity index is 0.00000450. The van der Waals surface area contributed by atoms with E-state index in [0.29, 0.717) is 12.0 Å². The minimum absolute atomic E-state index is 0. The van der Waals surface area contributed by atoms with Crippen molar-refractivity contribution in [3.63, 3.8) is 0 Å². The second-order valence-electron chi connectivity index (χ2n) is 7.46. The summed E-state index contributed by atoms with van der Waals surface area (Å²) in [6.07, 6.45) is -3.60. The average Bonchev–Trinajstić information content (AvgIpc) is 2.72. The Bertz CT molecular complexity index is 768. The van der Waals surface area contributed by atoms with Gasteiger partial charge in [0.1, 0.15) is 5.75 Å². The van der Waals surface area contributed by atoms with Gasteiger partial charge in [-0.05, 0) is 48.4 Å². The van der Waals surface area contributed by atoms with Crippen LogP contribution in [0, 0.1) is 0 Å². The molecular weight excluding hydrogens is 419 g/mol. The van der Waals surface area contributed by atoms with Crippen molar-refractivity contribution in [2.24, 2.45) is 5.73 Å². The van der Waals surface area contributed by atoms with Crippen LogP contribution in [0.5, 0.6) is 5.75 Å². The summed E-state index contributed by atoms with van der Waals surface area (Å²) in [5.74, 6) is -0.0377. The van der Waals surface area contributed by atoms with Gasteiger partial charge in [-0.25, -0.2) is 0 Å². The summed E-state index contributed by atoms with van der Waals surface area (Å²) >= 11 is 0. The lowest BCUT2D eigenvalue weighted by Gasteiger charge is -2.24. The van der Waals surface area contributed by atoms with Gasteiger partial charge in [0.05, 0.1) is 30.9 Å². The van der Waals surface area contributed by atoms with Crippen LogP contribution in [0.2, 0.25) is 0 Å². The number of halogens is 4. The van der Waals surface area contributed by atoms with E-state index in [9.17, 15) is 23.4 Å². The number of aryl methyl sites for hydroxylation is 1. The van der Waals surface area contributed by atoms with Gasteiger partial charge in [0.25, 0.3) is 0 Å². The molecule has 30 heavy (non-hydrogen) atoms. The van der Waals surface area contributed by atoms with Crippen molar-refractivity contribution in [1.82, 2.24) is 0 Å². The van der Waals surface area contributed by atoms with E-state index in [1.54, 1.807) is 6.07 Å². The van der Waals surface area contributed by atoms with E-state index in [1.165, 1.54) is 6.07 Å². The Morgan fingerprint density at radius 2 is 1.67 bits per heavy atom. The van der Waals surface area contributed by atoms with Crippen LogP contribution in [0.15, 0.2) is 48.5 Å². The zero-order valence-electron chi connectivity index (χ0n) is 16.9. The van der Waals surface area contributed by atoms with Crippen LogP contribution >= 0.6 is 12.4 Å². The maximum absolute atomic E-state index is 13.5. The minimum atomic E-state index is -4.55. The van der Waals surface area contributed by atoms with Gasteiger partial charge in [0.15, 0.2) is 0 Å². The van der Waals surface area contributed by atoms with Crippen LogP contribution in [0.25, 0.3) is 0 Å². The van der Waals surface area contributed by atoms with Crippen molar-refractivity contribution in [2.45, 2.75) is 43.8 Å². The zero-order valence-corrected chi connectivity index (χ0v) is 17.7. The van der Waals surface area contributed by atoms with E-state index in [-0.39, 0.29) is 43.5 Å². The maximum Gasteiger partial charge on any atom is 0.419 e. The largest absolute Gasteiger partial charge is 0.493 e. The van der Waals surface area contributed by atoms with Crippen LogP contribution in [-0.2, 0) is 12.6 Å². The normalized spacial score (nSPS) is 12.9. The molecule has 1 atom stereocenters. The quantitative estimate of drug-likeness (QED) is 0.507. The van der Waals surface area contributed by atoms with Gasteiger partial charge in [-0.1, -0.05) is 43.3 Å². The number of hydrogen-bond donors (Lipinski definition) is 3. The van der Waals surface area contributed by atoms with E-state index in [2.05, 4.69) is 0 Å². The first kappa shape index (κ1) is 26.2. The predicted octanol–water partition coefficient (Wildman–Crippen LogP) is 4.31. The van der Waals surface area contributed by atoms with E-state index in [0.717, 1.165) is 11.6 Å². The minimum Gasteiger partial charge on any atom is -0.493 e. The molecule has 0 aliphatic rings. The number of aliphatic hydroxyl groups excluding tert-OH is 2. The van der Waals surface area contributed by atoms with E-state index < -0.39 is 30.5 Å². The lowest BCUT2D eigenvalue weighted by Crippen LogP contribution is -2.47. The third-order valence-electron chi connectivity index (χ3n) is 5.07. The summed E-state index contributed by atoms with van der Waals surface area (Å²) in [6, 6.07) is 13.7. The van der Waals surface area contributed by atoms with Crippen molar-refractivity contribution in [3.8, 4) is 5.75 Å². The molecule has 0 aliphatic heterocycles. The van der Waals surface area contributed by atoms with Crippen LogP contribution in [0.4, 0.5) is 13.2 Å². The van der Waals surface area contributed by atoms with Crippen molar-refractivity contribution >= 4 is 12.4 Å². The molecule has 2 rings (SSSR count). The molecule has 0 saturated carbocycles. The topological polar surface area (TPSA) is 75.7 Å². The third kappa shape index (κ3) is 7.47. The number of ether oxygens (including phenoxy) is 1. The predicted molar refractivity (Wildman–Crippen MR) is 113 cm³/mol. The van der Waals surface area contributed by atoms with Crippen molar-refractivity contribution in [2.75, 3.05) is 19.8 Å². The molecule has 1 unspecified atom stereocenters. The summed E-state index contributed by atoms with van der Waals surface area (Å²) in [4.78, 5) is 0. The molecule has 2 aromatic rings. The Morgan fingerprint density at radius 1 is 1.03 bits per heavy atom. The molecule has 0 heterocycles. The molecule has 4 N–H and O–H groups in total.